The van der Waals surface area contributed by atoms with E-state index in [1.54, 1.807) is 24.3 Å². The predicted octanol–water partition coefficient (Wildman–Crippen LogP) is 8.57. The van der Waals surface area contributed by atoms with Crippen LogP contribution in [0.4, 0.5) is 5.69 Å². The highest BCUT2D eigenvalue weighted by Gasteiger charge is 2.28. The second-order valence-corrected chi connectivity index (χ2v) is 15.3. The number of nitrogens with two attached hydrogens (primary N) is 1. The summed E-state index contributed by atoms with van der Waals surface area (Å²) < 4.78 is 58.7. The van der Waals surface area contributed by atoms with Crippen LogP contribution in [0.5, 0.6) is 5.75 Å². The minimum atomic E-state index is -3.69. The molecule has 0 radical (unpaired) electrons. The Hall–Kier alpha value is -3.90. The third-order valence-electron chi connectivity index (χ3n) is 6.82. The molecule has 13 heteroatoms. The SMILES string of the molecule is CC.CC(C)CN(CCCN)S(=O)(=O)c1ccc(OCP(=O)(OCc2ccccc2)OCc2ccccc2)cc1.Cc1ccc([N+](=O)[O-])cc1. The van der Waals surface area contributed by atoms with Crippen LogP contribution in [0, 0.1) is 23.0 Å². The Labute approximate surface area is 297 Å². The van der Waals surface area contributed by atoms with Crippen LogP contribution in [0.3, 0.4) is 0 Å². The summed E-state index contributed by atoms with van der Waals surface area (Å²) in [6.07, 6.45) is 0.253. The second kappa shape index (κ2) is 22.0. The van der Waals surface area contributed by atoms with Crippen molar-refractivity contribution in [2.45, 2.75) is 59.1 Å². The van der Waals surface area contributed by atoms with Crippen molar-refractivity contribution in [3.63, 3.8) is 0 Å². The van der Waals surface area contributed by atoms with Gasteiger partial charge in [0.05, 0.1) is 23.0 Å². The van der Waals surface area contributed by atoms with Gasteiger partial charge >= 0.3 is 7.60 Å². The fourth-order valence-corrected chi connectivity index (χ4v) is 7.13. The van der Waals surface area contributed by atoms with Gasteiger partial charge in [0.2, 0.25) is 10.0 Å². The van der Waals surface area contributed by atoms with E-state index in [0.29, 0.717) is 31.8 Å². The Bertz CT molecular complexity index is 1640. The van der Waals surface area contributed by atoms with Gasteiger partial charge in [-0.05, 0) is 61.2 Å². The number of rotatable bonds is 17. The van der Waals surface area contributed by atoms with Crippen LogP contribution in [0.1, 0.15) is 50.8 Å². The summed E-state index contributed by atoms with van der Waals surface area (Å²) in [5, 5.41) is 10.1. The lowest BCUT2D eigenvalue weighted by atomic mass is 10.2. The Morgan fingerprint density at radius 1 is 0.820 bits per heavy atom. The molecule has 0 unspecified atom stereocenters. The molecule has 4 aromatic rings. The Kier molecular flexibility index (Phi) is 18.6. The van der Waals surface area contributed by atoms with E-state index in [1.165, 1.54) is 28.6 Å². The van der Waals surface area contributed by atoms with Gasteiger partial charge in [0.15, 0.2) is 6.35 Å². The molecule has 2 N–H and O–H groups in total. The van der Waals surface area contributed by atoms with Gasteiger partial charge in [-0.25, -0.2) is 8.42 Å². The van der Waals surface area contributed by atoms with Gasteiger partial charge in [0.25, 0.3) is 5.69 Å². The van der Waals surface area contributed by atoms with E-state index in [-0.39, 0.29) is 36.1 Å². The molecular formula is C37H50N3O8PS. The average molecular weight is 728 g/mol. The summed E-state index contributed by atoms with van der Waals surface area (Å²) in [7, 11) is -7.35. The zero-order valence-corrected chi connectivity index (χ0v) is 31.2. The lowest BCUT2D eigenvalue weighted by molar-refractivity contribution is -0.384. The van der Waals surface area contributed by atoms with Crippen LogP contribution >= 0.6 is 7.60 Å². The van der Waals surface area contributed by atoms with Crippen molar-refractivity contribution in [1.82, 2.24) is 4.31 Å². The van der Waals surface area contributed by atoms with E-state index >= 15 is 0 Å². The number of nitrogens with zero attached hydrogens (tertiary/aromatic N) is 2. The smallest absolute Gasteiger partial charge is 0.368 e. The molecule has 0 saturated carbocycles. The molecule has 0 aliphatic rings. The zero-order chi connectivity index (χ0) is 37.0. The number of nitro groups is 1. The zero-order valence-electron chi connectivity index (χ0n) is 29.5. The molecule has 0 aliphatic heterocycles. The lowest BCUT2D eigenvalue weighted by Crippen LogP contribution is -2.35. The number of sulfonamides is 1. The van der Waals surface area contributed by atoms with Crippen LogP contribution in [-0.4, -0.2) is 43.6 Å². The van der Waals surface area contributed by atoms with Crippen molar-refractivity contribution in [3.05, 3.63) is 136 Å². The van der Waals surface area contributed by atoms with Gasteiger partial charge in [0, 0.05) is 25.2 Å². The van der Waals surface area contributed by atoms with Crippen molar-refractivity contribution in [3.8, 4) is 5.75 Å². The first-order valence-corrected chi connectivity index (χ1v) is 19.7. The van der Waals surface area contributed by atoms with E-state index in [2.05, 4.69) is 0 Å². The molecule has 0 spiro atoms. The van der Waals surface area contributed by atoms with Crippen molar-refractivity contribution in [1.29, 1.82) is 0 Å². The molecule has 0 heterocycles. The first kappa shape index (κ1) is 42.3. The third-order valence-corrected chi connectivity index (χ3v) is 10.2. The monoisotopic (exact) mass is 727 g/mol. The maximum absolute atomic E-state index is 13.6. The van der Waals surface area contributed by atoms with E-state index in [9.17, 15) is 23.1 Å². The number of aryl methyl sites for hydroxylation is 1. The van der Waals surface area contributed by atoms with Gasteiger partial charge in [-0.15, -0.1) is 0 Å². The van der Waals surface area contributed by atoms with Gasteiger partial charge in [0.1, 0.15) is 5.75 Å². The summed E-state index contributed by atoms with van der Waals surface area (Å²) in [6.45, 7) is 11.2. The molecule has 0 bridgehead atoms. The molecule has 11 nitrogen and oxygen atoms in total. The number of ether oxygens (including phenoxy) is 1. The molecule has 0 saturated heterocycles. The number of benzene rings is 4. The normalized spacial score (nSPS) is 11.3. The van der Waals surface area contributed by atoms with Crippen molar-refractivity contribution in [2.75, 3.05) is 26.0 Å². The molecule has 4 aromatic carbocycles. The largest absolute Gasteiger partial charge is 0.481 e. The first-order chi connectivity index (χ1) is 23.9. The average Bonchev–Trinajstić information content (AvgIpc) is 3.13. The third kappa shape index (κ3) is 14.9. The molecule has 0 aromatic heterocycles. The summed E-state index contributed by atoms with van der Waals surface area (Å²) in [6, 6.07) is 31.3. The number of non-ortho nitro benzene ring substituents is 1. The fraction of sp³-hybridized carbons (Fsp3) is 0.351. The van der Waals surface area contributed by atoms with Crippen LogP contribution in [0.15, 0.2) is 114 Å². The highest BCUT2D eigenvalue weighted by Crippen LogP contribution is 2.49. The minimum Gasteiger partial charge on any atom is -0.481 e. The van der Waals surface area contributed by atoms with Crippen LogP contribution < -0.4 is 10.5 Å². The number of nitro benzene ring substituents is 1. The van der Waals surface area contributed by atoms with E-state index in [0.717, 1.165) is 16.7 Å². The van der Waals surface area contributed by atoms with Crippen LogP contribution in [0.25, 0.3) is 0 Å². The van der Waals surface area contributed by atoms with Crippen molar-refractivity contribution in [2.24, 2.45) is 11.7 Å². The highest BCUT2D eigenvalue weighted by atomic mass is 32.2. The Morgan fingerprint density at radius 2 is 1.32 bits per heavy atom. The molecule has 0 amide bonds. The number of hydrogen-bond acceptors (Lipinski definition) is 9. The molecule has 0 aliphatic carbocycles. The molecular weight excluding hydrogens is 677 g/mol. The highest BCUT2D eigenvalue weighted by molar-refractivity contribution is 7.89. The fourth-order valence-electron chi connectivity index (χ4n) is 4.27. The van der Waals surface area contributed by atoms with E-state index < -0.39 is 22.5 Å². The molecule has 272 valence electrons. The Balaban J connectivity index is 0.000000613. The minimum absolute atomic E-state index is 0.0991. The second-order valence-electron chi connectivity index (χ2n) is 11.4. The van der Waals surface area contributed by atoms with Gasteiger partial charge in [-0.1, -0.05) is 106 Å². The predicted molar refractivity (Wildman–Crippen MR) is 198 cm³/mol. The quantitative estimate of drug-likeness (QED) is 0.0641. The summed E-state index contributed by atoms with van der Waals surface area (Å²) in [5.74, 6) is 0.527. The van der Waals surface area contributed by atoms with Gasteiger partial charge < -0.3 is 19.5 Å². The molecule has 0 atom stereocenters. The maximum atomic E-state index is 13.6. The van der Waals surface area contributed by atoms with Crippen molar-refractivity contribution >= 4 is 23.3 Å². The lowest BCUT2D eigenvalue weighted by Gasteiger charge is -2.24. The van der Waals surface area contributed by atoms with Gasteiger partial charge in [-0.3, -0.25) is 14.7 Å². The number of hydrogen-bond donors (Lipinski definition) is 1. The first-order valence-electron chi connectivity index (χ1n) is 16.5. The van der Waals surface area contributed by atoms with E-state index in [1.807, 2.05) is 95.3 Å². The Morgan fingerprint density at radius 3 is 1.76 bits per heavy atom. The van der Waals surface area contributed by atoms with Crippen LogP contribution in [-0.2, 0) is 36.8 Å². The maximum Gasteiger partial charge on any atom is 0.368 e. The van der Waals surface area contributed by atoms with Crippen molar-refractivity contribution < 1.29 is 31.7 Å². The molecule has 50 heavy (non-hydrogen) atoms. The summed E-state index contributed by atoms with van der Waals surface area (Å²) in [4.78, 5) is 9.87. The molecule has 4 rings (SSSR count). The topological polar surface area (TPSA) is 151 Å². The summed E-state index contributed by atoms with van der Waals surface area (Å²) >= 11 is 0. The van der Waals surface area contributed by atoms with Gasteiger partial charge in [-0.2, -0.15) is 4.31 Å². The van der Waals surface area contributed by atoms with Crippen LogP contribution in [0.2, 0.25) is 0 Å². The molecule has 0 fully saturated rings. The summed E-state index contributed by atoms with van der Waals surface area (Å²) in [5.41, 5.74) is 8.49. The van der Waals surface area contributed by atoms with E-state index in [4.69, 9.17) is 19.5 Å². The standard InChI is InChI=1S/C28H37N2O6PS.C7H7NO2.C2H6/c1-24(2)20-30(19-9-18-29)38(32,33)28-16-14-27(15-17-28)34-23-37(31,35-21-25-10-5-3-6-11-25)36-22-26-12-7-4-8-13-26;1-6-2-4-7(5-3-6)8(9)10;1-2/h3-8,10-17,24H,9,18-23,29H2,1-2H3;2-5H,1H3;1-2H3.